The third-order valence-corrected chi connectivity index (χ3v) is 5.72. The molecule has 5 aromatic rings. The Kier molecular flexibility index (Phi) is 4.26. The number of fused-ring (bicyclic) bond motifs is 3. The molecule has 0 spiro atoms. The Balaban J connectivity index is 1.94. The molecule has 0 radical (unpaired) electrons. The molecule has 0 N–H and O–H groups in total. The molecule has 0 saturated heterocycles. The van der Waals surface area contributed by atoms with E-state index in [-0.39, 0.29) is 0 Å². The molecular weight excluding hydrogens is 418 g/mol. The van der Waals surface area contributed by atoms with Gasteiger partial charge in [0.05, 0.1) is 17.8 Å². The summed E-state index contributed by atoms with van der Waals surface area (Å²) in [6.45, 7) is 0. The highest BCUT2D eigenvalue weighted by atomic mass is 35.5. The van der Waals surface area contributed by atoms with Gasteiger partial charge in [0.15, 0.2) is 11.2 Å². The van der Waals surface area contributed by atoms with Gasteiger partial charge in [-0.15, -0.1) is 0 Å². The number of aromatic nitrogens is 5. The van der Waals surface area contributed by atoms with Crippen molar-refractivity contribution >= 4 is 28.5 Å². The minimum absolute atomic E-state index is 0.326. The van der Waals surface area contributed by atoms with Crippen LogP contribution >= 0.6 is 11.6 Å². The van der Waals surface area contributed by atoms with Gasteiger partial charge in [0, 0.05) is 31.5 Å². The molecule has 0 bridgehead atoms. The van der Waals surface area contributed by atoms with Crippen LogP contribution in [0, 0.1) is 0 Å². The summed E-state index contributed by atoms with van der Waals surface area (Å²) in [4.78, 5) is 30.0. The Labute approximate surface area is 181 Å². The highest BCUT2D eigenvalue weighted by molar-refractivity contribution is 6.32. The number of rotatable bonds is 3. The summed E-state index contributed by atoms with van der Waals surface area (Å²) in [5, 5.41) is 0.474. The normalized spacial score (nSPS) is 11.5. The summed E-state index contributed by atoms with van der Waals surface area (Å²) in [6.07, 6.45) is 1.84. The van der Waals surface area contributed by atoms with E-state index in [1.807, 2.05) is 53.2 Å². The summed E-state index contributed by atoms with van der Waals surface area (Å²) < 4.78 is 11.4. The van der Waals surface area contributed by atoms with Crippen molar-refractivity contribution in [1.82, 2.24) is 23.1 Å². The first-order valence-electron chi connectivity index (χ1n) is 9.51. The monoisotopic (exact) mass is 435 g/mol. The van der Waals surface area contributed by atoms with Crippen molar-refractivity contribution in [2.45, 2.75) is 0 Å². The minimum atomic E-state index is -0.424. The quantitative estimate of drug-likeness (QED) is 0.436. The smallest absolute Gasteiger partial charge is 0.332 e. The zero-order chi connectivity index (χ0) is 21.9. The molecule has 8 nitrogen and oxygen atoms in total. The van der Waals surface area contributed by atoms with Crippen molar-refractivity contribution in [1.29, 1.82) is 0 Å². The molecule has 156 valence electrons. The van der Waals surface area contributed by atoms with E-state index in [1.165, 1.54) is 11.6 Å². The lowest BCUT2D eigenvalue weighted by molar-refractivity contribution is 0.415. The third-order valence-electron chi connectivity index (χ3n) is 5.43. The van der Waals surface area contributed by atoms with Crippen molar-refractivity contribution in [3.63, 3.8) is 0 Å². The van der Waals surface area contributed by atoms with E-state index in [0.29, 0.717) is 27.7 Å². The molecule has 0 aliphatic rings. The molecule has 0 saturated carbocycles. The standard InChI is InChI=1S/C22H18ClN5O3/c1-25-19-18(20(29)26(2)22(25)30)27-12-16(13-9-10-17(31-3)15(23)11-13)28(21(27)24-19)14-7-5-4-6-8-14/h4-12H,1-3H3. The van der Waals surface area contributed by atoms with Crippen LogP contribution in [0.1, 0.15) is 0 Å². The molecule has 5 rings (SSSR count). The maximum absolute atomic E-state index is 12.9. The molecule has 3 aromatic heterocycles. The first kappa shape index (κ1) is 19.2. The highest BCUT2D eigenvalue weighted by Gasteiger charge is 2.22. The molecule has 31 heavy (non-hydrogen) atoms. The average Bonchev–Trinajstić information content (AvgIpc) is 3.33. The van der Waals surface area contributed by atoms with Gasteiger partial charge in [-0.05, 0) is 30.3 Å². The Morgan fingerprint density at radius 1 is 1.00 bits per heavy atom. The van der Waals surface area contributed by atoms with Crippen LogP contribution in [-0.2, 0) is 14.1 Å². The fourth-order valence-electron chi connectivity index (χ4n) is 3.83. The molecule has 9 heteroatoms. The van der Waals surface area contributed by atoms with Crippen LogP contribution in [0.15, 0.2) is 64.3 Å². The van der Waals surface area contributed by atoms with Gasteiger partial charge in [-0.1, -0.05) is 29.8 Å². The highest BCUT2D eigenvalue weighted by Crippen LogP contribution is 2.33. The molecule has 0 unspecified atom stereocenters. The molecule has 0 aliphatic carbocycles. The predicted molar refractivity (Wildman–Crippen MR) is 120 cm³/mol. The first-order valence-corrected chi connectivity index (χ1v) is 9.89. The fraction of sp³-hybridized carbons (Fsp3) is 0.136. The fourth-order valence-corrected chi connectivity index (χ4v) is 4.09. The topological polar surface area (TPSA) is 75.5 Å². The van der Waals surface area contributed by atoms with Crippen LogP contribution in [-0.4, -0.2) is 30.2 Å². The summed E-state index contributed by atoms with van der Waals surface area (Å²) in [5.74, 6) is 1.09. The number of hydrogen-bond acceptors (Lipinski definition) is 4. The number of methoxy groups -OCH3 is 1. The molecule has 0 atom stereocenters. The molecular formula is C22H18ClN5O3. The number of hydrogen-bond donors (Lipinski definition) is 0. The van der Waals surface area contributed by atoms with E-state index in [1.54, 1.807) is 24.6 Å². The Hall–Kier alpha value is -3.78. The zero-order valence-corrected chi connectivity index (χ0v) is 17.8. The predicted octanol–water partition coefficient (Wildman–Crippen LogP) is 3.00. The lowest BCUT2D eigenvalue weighted by Crippen LogP contribution is -2.37. The number of halogens is 1. The third kappa shape index (κ3) is 2.72. The van der Waals surface area contributed by atoms with E-state index in [4.69, 9.17) is 16.3 Å². The maximum Gasteiger partial charge on any atom is 0.332 e. The Bertz CT molecular complexity index is 1590. The summed E-state index contributed by atoms with van der Waals surface area (Å²) in [5.41, 5.74) is 2.30. The van der Waals surface area contributed by atoms with E-state index in [2.05, 4.69) is 4.98 Å². The number of ether oxygens (including phenoxy) is 1. The summed E-state index contributed by atoms with van der Waals surface area (Å²) in [6, 6.07) is 15.2. The van der Waals surface area contributed by atoms with E-state index in [9.17, 15) is 9.59 Å². The lowest BCUT2D eigenvalue weighted by Gasteiger charge is -2.10. The van der Waals surface area contributed by atoms with Crippen molar-refractivity contribution in [3.05, 3.63) is 80.6 Å². The zero-order valence-electron chi connectivity index (χ0n) is 17.0. The minimum Gasteiger partial charge on any atom is -0.495 e. The van der Waals surface area contributed by atoms with Gasteiger partial charge in [0.2, 0.25) is 5.78 Å². The Morgan fingerprint density at radius 2 is 1.74 bits per heavy atom. The molecule has 2 aromatic carbocycles. The lowest BCUT2D eigenvalue weighted by atomic mass is 10.1. The van der Waals surface area contributed by atoms with Gasteiger partial charge >= 0.3 is 5.69 Å². The van der Waals surface area contributed by atoms with Gasteiger partial charge in [-0.25, -0.2) is 4.79 Å². The maximum atomic E-state index is 12.9. The molecule has 0 aliphatic heterocycles. The van der Waals surface area contributed by atoms with E-state index >= 15 is 0 Å². The van der Waals surface area contributed by atoms with Crippen LogP contribution in [0.2, 0.25) is 5.02 Å². The van der Waals surface area contributed by atoms with Gasteiger partial charge in [-0.2, -0.15) is 4.98 Å². The van der Waals surface area contributed by atoms with Crippen LogP contribution in [0.25, 0.3) is 33.9 Å². The SMILES string of the molecule is COc1ccc(-c2cn3c4c(=O)n(C)c(=O)n(C)c4nc3n2-c2ccccc2)cc1Cl. The summed E-state index contributed by atoms with van der Waals surface area (Å²) >= 11 is 6.38. The summed E-state index contributed by atoms with van der Waals surface area (Å²) in [7, 11) is 4.63. The number of benzene rings is 2. The van der Waals surface area contributed by atoms with Gasteiger partial charge < -0.3 is 4.74 Å². The van der Waals surface area contributed by atoms with Crippen LogP contribution in [0.5, 0.6) is 5.75 Å². The molecule has 0 fully saturated rings. The average molecular weight is 436 g/mol. The second-order valence-electron chi connectivity index (χ2n) is 7.19. The number of nitrogens with zero attached hydrogens (tertiary/aromatic N) is 5. The van der Waals surface area contributed by atoms with Crippen molar-refractivity contribution in [2.24, 2.45) is 14.1 Å². The van der Waals surface area contributed by atoms with Crippen molar-refractivity contribution in [3.8, 4) is 22.7 Å². The largest absolute Gasteiger partial charge is 0.495 e. The van der Waals surface area contributed by atoms with Gasteiger partial charge in [-0.3, -0.25) is 22.9 Å². The number of aryl methyl sites for hydroxylation is 1. The van der Waals surface area contributed by atoms with Gasteiger partial charge in [0.1, 0.15) is 5.75 Å². The second-order valence-corrected chi connectivity index (χ2v) is 7.60. The van der Waals surface area contributed by atoms with Gasteiger partial charge in [0.25, 0.3) is 5.56 Å². The van der Waals surface area contributed by atoms with E-state index in [0.717, 1.165) is 21.5 Å². The van der Waals surface area contributed by atoms with Crippen molar-refractivity contribution in [2.75, 3.05) is 7.11 Å². The molecule has 0 amide bonds. The Morgan fingerprint density at radius 3 is 2.42 bits per heavy atom. The van der Waals surface area contributed by atoms with Crippen LogP contribution in [0.4, 0.5) is 0 Å². The number of imidazole rings is 2. The first-order chi connectivity index (χ1) is 14.9. The van der Waals surface area contributed by atoms with Crippen LogP contribution < -0.4 is 16.0 Å². The van der Waals surface area contributed by atoms with E-state index < -0.39 is 11.2 Å². The van der Waals surface area contributed by atoms with Crippen LogP contribution in [0.3, 0.4) is 0 Å². The second kappa shape index (κ2) is 6.88. The van der Waals surface area contributed by atoms with Crippen molar-refractivity contribution < 1.29 is 4.74 Å². The molecule has 3 heterocycles. The number of para-hydroxylation sites is 1.